The Morgan fingerprint density at radius 2 is 1.66 bits per heavy atom. The molecule has 0 aliphatic rings. The van der Waals surface area contributed by atoms with Crippen molar-refractivity contribution in [3.63, 3.8) is 0 Å². The number of nitrogens with two attached hydrogens (primary N) is 1. The third kappa shape index (κ3) is 4.00. The normalized spacial score (nSPS) is 12.6. The molecule has 5 heteroatoms. The zero-order chi connectivity index (χ0) is 20.4. The van der Waals surface area contributed by atoms with Crippen molar-refractivity contribution in [1.29, 1.82) is 0 Å². The number of aromatic nitrogens is 2. The first-order valence-corrected chi connectivity index (χ1v) is 10.00. The average Bonchev–Trinajstić information content (AvgIpc) is 2.72. The zero-order valence-corrected chi connectivity index (χ0v) is 16.8. The highest BCUT2D eigenvalue weighted by atomic mass is 16.3. The van der Waals surface area contributed by atoms with E-state index in [2.05, 4.69) is 19.2 Å². The first-order chi connectivity index (χ1) is 14.0. The molecule has 29 heavy (non-hydrogen) atoms. The van der Waals surface area contributed by atoms with Crippen LogP contribution < -0.4 is 11.1 Å². The van der Waals surface area contributed by atoms with Crippen molar-refractivity contribution < 1.29 is 5.11 Å². The van der Waals surface area contributed by atoms with Gasteiger partial charge in [0.25, 0.3) is 0 Å². The maximum absolute atomic E-state index is 10.9. The molecule has 1 atom stereocenters. The lowest BCUT2D eigenvalue weighted by Gasteiger charge is -2.17. The van der Waals surface area contributed by atoms with E-state index in [9.17, 15) is 5.11 Å². The lowest BCUT2D eigenvalue weighted by molar-refractivity contribution is 0.483. The fourth-order valence-electron chi connectivity index (χ4n) is 3.68. The standard InChI is InChI=1S/C24H26N4O/c1-15(2)13-17(25)14-26-23-19-9-5-6-10-21(19)27-24(28-23)20-12-11-16-7-3-4-8-18(16)22(20)29/h3-12,15,17,29H,13-14,25H2,1-2H3,(H,26,27,28). The maximum atomic E-state index is 10.9. The minimum absolute atomic E-state index is 0.0428. The molecule has 4 aromatic rings. The number of nitrogens with one attached hydrogen (secondary N) is 1. The molecular weight excluding hydrogens is 360 g/mol. The Kier molecular flexibility index (Phi) is 5.32. The van der Waals surface area contributed by atoms with E-state index in [0.29, 0.717) is 23.9 Å². The summed E-state index contributed by atoms with van der Waals surface area (Å²) in [5.41, 5.74) is 7.70. The lowest BCUT2D eigenvalue weighted by Crippen LogP contribution is -2.30. The highest BCUT2D eigenvalue weighted by molar-refractivity contribution is 5.95. The number of rotatable bonds is 6. The molecule has 0 saturated carbocycles. The predicted octanol–water partition coefficient (Wildman–Crippen LogP) is 4.94. The highest BCUT2D eigenvalue weighted by Gasteiger charge is 2.15. The van der Waals surface area contributed by atoms with Crippen LogP contribution in [0.25, 0.3) is 33.1 Å². The lowest BCUT2D eigenvalue weighted by atomic mass is 10.0. The van der Waals surface area contributed by atoms with Crippen molar-refractivity contribution in [2.75, 3.05) is 11.9 Å². The first kappa shape index (κ1) is 19.2. The maximum Gasteiger partial charge on any atom is 0.165 e. The smallest absolute Gasteiger partial charge is 0.165 e. The van der Waals surface area contributed by atoms with Gasteiger partial charge in [0.05, 0.1) is 11.1 Å². The Balaban J connectivity index is 1.77. The van der Waals surface area contributed by atoms with E-state index in [1.54, 1.807) is 0 Å². The molecule has 3 aromatic carbocycles. The summed E-state index contributed by atoms with van der Waals surface area (Å²) < 4.78 is 0. The van der Waals surface area contributed by atoms with Gasteiger partial charge in [0.1, 0.15) is 11.6 Å². The predicted molar refractivity (Wildman–Crippen MR) is 120 cm³/mol. The number of hydrogen-bond donors (Lipinski definition) is 3. The fourth-order valence-corrected chi connectivity index (χ4v) is 3.68. The van der Waals surface area contributed by atoms with E-state index >= 15 is 0 Å². The van der Waals surface area contributed by atoms with Crippen molar-refractivity contribution in [2.24, 2.45) is 11.7 Å². The molecule has 0 radical (unpaired) electrons. The molecule has 1 heterocycles. The van der Waals surface area contributed by atoms with Gasteiger partial charge in [-0.3, -0.25) is 0 Å². The zero-order valence-electron chi connectivity index (χ0n) is 16.8. The largest absolute Gasteiger partial charge is 0.507 e. The quantitative estimate of drug-likeness (QED) is 0.437. The van der Waals surface area contributed by atoms with Crippen LogP contribution in [0.3, 0.4) is 0 Å². The summed E-state index contributed by atoms with van der Waals surface area (Å²) in [5, 5.41) is 17.0. The number of nitrogens with zero attached hydrogens (tertiary/aromatic N) is 2. The molecule has 148 valence electrons. The minimum atomic E-state index is 0.0428. The molecule has 0 bridgehead atoms. The van der Waals surface area contributed by atoms with Crippen molar-refractivity contribution in [1.82, 2.24) is 9.97 Å². The summed E-state index contributed by atoms with van der Waals surface area (Å²) in [6, 6.07) is 19.5. The number of fused-ring (bicyclic) bond motifs is 2. The van der Waals surface area contributed by atoms with Crippen LogP contribution >= 0.6 is 0 Å². The van der Waals surface area contributed by atoms with E-state index in [4.69, 9.17) is 15.7 Å². The summed E-state index contributed by atoms with van der Waals surface area (Å²) in [6.45, 7) is 4.96. The van der Waals surface area contributed by atoms with Gasteiger partial charge in [-0.05, 0) is 35.9 Å². The molecule has 0 aliphatic carbocycles. The molecule has 0 spiro atoms. The first-order valence-electron chi connectivity index (χ1n) is 10.00. The molecule has 1 aromatic heterocycles. The van der Waals surface area contributed by atoms with Gasteiger partial charge in [-0.2, -0.15) is 0 Å². The third-order valence-electron chi connectivity index (χ3n) is 5.05. The van der Waals surface area contributed by atoms with Gasteiger partial charge in [-0.15, -0.1) is 0 Å². The van der Waals surface area contributed by atoms with Crippen LogP contribution in [0.5, 0.6) is 5.75 Å². The summed E-state index contributed by atoms with van der Waals surface area (Å²) in [5.74, 6) is 1.96. The molecule has 4 N–H and O–H groups in total. The van der Waals surface area contributed by atoms with Crippen LogP contribution in [0.2, 0.25) is 0 Å². The molecular formula is C24H26N4O. The van der Waals surface area contributed by atoms with E-state index < -0.39 is 0 Å². The summed E-state index contributed by atoms with van der Waals surface area (Å²) in [6.07, 6.45) is 0.939. The Labute approximate surface area is 170 Å². The topological polar surface area (TPSA) is 84.1 Å². The van der Waals surface area contributed by atoms with Gasteiger partial charge < -0.3 is 16.2 Å². The van der Waals surface area contributed by atoms with Crippen LogP contribution in [-0.4, -0.2) is 27.7 Å². The fraction of sp³-hybridized carbons (Fsp3) is 0.250. The molecule has 0 aliphatic heterocycles. The molecule has 0 saturated heterocycles. The second-order valence-electron chi connectivity index (χ2n) is 7.87. The van der Waals surface area contributed by atoms with Gasteiger partial charge in [-0.1, -0.05) is 56.3 Å². The number of anilines is 1. The van der Waals surface area contributed by atoms with E-state index in [1.807, 2.05) is 60.7 Å². The van der Waals surface area contributed by atoms with Gasteiger partial charge in [0, 0.05) is 23.4 Å². The number of para-hydroxylation sites is 1. The monoisotopic (exact) mass is 386 g/mol. The summed E-state index contributed by atoms with van der Waals surface area (Å²) in [4.78, 5) is 9.46. The summed E-state index contributed by atoms with van der Waals surface area (Å²) in [7, 11) is 0. The van der Waals surface area contributed by atoms with Gasteiger partial charge in [-0.25, -0.2) is 9.97 Å². The number of hydrogen-bond acceptors (Lipinski definition) is 5. The van der Waals surface area contributed by atoms with Crippen molar-refractivity contribution in [3.8, 4) is 17.1 Å². The van der Waals surface area contributed by atoms with Gasteiger partial charge >= 0.3 is 0 Å². The van der Waals surface area contributed by atoms with E-state index in [0.717, 1.165) is 33.9 Å². The highest BCUT2D eigenvalue weighted by Crippen LogP contribution is 2.35. The van der Waals surface area contributed by atoms with Gasteiger partial charge in [0.2, 0.25) is 0 Å². The molecule has 5 nitrogen and oxygen atoms in total. The van der Waals surface area contributed by atoms with Crippen LogP contribution in [0.15, 0.2) is 60.7 Å². The van der Waals surface area contributed by atoms with Crippen LogP contribution in [0.4, 0.5) is 5.82 Å². The Morgan fingerprint density at radius 3 is 2.45 bits per heavy atom. The average molecular weight is 386 g/mol. The van der Waals surface area contributed by atoms with Crippen molar-refractivity contribution >= 4 is 27.5 Å². The number of benzene rings is 3. The second kappa shape index (κ2) is 8.05. The number of phenols is 1. The Morgan fingerprint density at radius 1 is 0.931 bits per heavy atom. The Bertz CT molecular complexity index is 1160. The Hall–Kier alpha value is -3.18. The van der Waals surface area contributed by atoms with Crippen molar-refractivity contribution in [2.45, 2.75) is 26.3 Å². The van der Waals surface area contributed by atoms with Crippen molar-refractivity contribution in [3.05, 3.63) is 60.7 Å². The molecule has 1 unspecified atom stereocenters. The van der Waals surface area contributed by atoms with Crippen LogP contribution in [0, 0.1) is 5.92 Å². The molecule has 4 rings (SSSR count). The molecule has 0 amide bonds. The van der Waals surface area contributed by atoms with Gasteiger partial charge in [0.15, 0.2) is 5.82 Å². The molecule has 0 fully saturated rings. The minimum Gasteiger partial charge on any atom is -0.507 e. The summed E-state index contributed by atoms with van der Waals surface area (Å²) >= 11 is 0. The number of phenolic OH excluding ortho intramolecular Hbond substituents is 1. The van der Waals surface area contributed by atoms with Crippen LogP contribution in [-0.2, 0) is 0 Å². The second-order valence-corrected chi connectivity index (χ2v) is 7.87. The third-order valence-corrected chi connectivity index (χ3v) is 5.05. The van der Waals surface area contributed by atoms with Crippen LogP contribution in [0.1, 0.15) is 20.3 Å². The van der Waals surface area contributed by atoms with E-state index in [1.165, 1.54) is 0 Å². The number of aromatic hydroxyl groups is 1. The van der Waals surface area contributed by atoms with E-state index in [-0.39, 0.29) is 11.8 Å². The SMILES string of the molecule is CC(C)CC(N)CNc1nc(-c2ccc3ccccc3c2O)nc2ccccc12.